The summed E-state index contributed by atoms with van der Waals surface area (Å²) < 4.78 is 71.8. The molecule has 0 amide bonds. The van der Waals surface area contributed by atoms with E-state index in [1.165, 1.54) is 22.7 Å². The molecule has 0 N–H and O–H groups in total. The number of ether oxygens (including phenoxy) is 1. The monoisotopic (exact) mass is 449 g/mol. The number of hydrogen-bond acceptors (Lipinski definition) is 5. The lowest BCUT2D eigenvalue weighted by atomic mass is 10.0. The van der Waals surface area contributed by atoms with Gasteiger partial charge in [-0.1, -0.05) is 18.2 Å². The number of nitrogens with zero attached hydrogens (tertiary/aromatic N) is 3. The molecule has 10 heteroatoms. The molecule has 1 aromatic carbocycles. The van der Waals surface area contributed by atoms with Crippen LogP contribution in [0.4, 0.5) is 13.2 Å². The molecule has 3 rings (SSSR count). The van der Waals surface area contributed by atoms with Crippen molar-refractivity contribution in [1.29, 1.82) is 0 Å². The number of alkyl halides is 3. The maximum atomic E-state index is 13.3. The highest BCUT2D eigenvalue weighted by molar-refractivity contribution is 7.88. The number of likely N-dealkylation sites (tertiary alicyclic amines) is 1. The lowest BCUT2D eigenvalue weighted by molar-refractivity contribution is -0.138. The fourth-order valence-electron chi connectivity index (χ4n) is 4.27. The minimum atomic E-state index is -4.40. The molecule has 0 aliphatic carbocycles. The smallest absolute Gasteiger partial charge is 0.379 e. The number of sulfonamides is 1. The molecule has 2 saturated heterocycles. The molecule has 0 saturated carbocycles. The number of rotatable bonds is 7. The zero-order chi connectivity index (χ0) is 21.8. The molecule has 2 aliphatic rings. The Hall–Kier alpha value is -1.20. The van der Waals surface area contributed by atoms with Crippen LogP contribution in [0.2, 0.25) is 0 Å². The Labute approximate surface area is 176 Å². The van der Waals surface area contributed by atoms with Gasteiger partial charge in [0.05, 0.1) is 25.0 Å². The SMILES string of the molecule is CS(=O)(=O)N(CCN1CCOCC1)C1CCCN(Cc2ccccc2C(F)(F)F)C1. The second kappa shape index (κ2) is 9.95. The summed E-state index contributed by atoms with van der Waals surface area (Å²) in [5.74, 6) is 0. The first kappa shape index (κ1) is 23.5. The van der Waals surface area contributed by atoms with Crippen molar-refractivity contribution in [1.82, 2.24) is 14.1 Å². The van der Waals surface area contributed by atoms with E-state index in [2.05, 4.69) is 4.90 Å². The predicted octanol–water partition coefficient (Wildman–Crippen LogP) is 2.26. The Morgan fingerprint density at radius 2 is 1.83 bits per heavy atom. The number of benzene rings is 1. The summed E-state index contributed by atoms with van der Waals surface area (Å²) in [5, 5.41) is 0. The van der Waals surface area contributed by atoms with Crippen LogP contribution in [0, 0.1) is 0 Å². The van der Waals surface area contributed by atoms with Gasteiger partial charge < -0.3 is 4.74 Å². The Balaban J connectivity index is 1.67. The maximum Gasteiger partial charge on any atom is 0.416 e. The highest BCUT2D eigenvalue weighted by Gasteiger charge is 2.35. The van der Waals surface area contributed by atoms with Crippen molar-refractivity contribution in [3.63, 3.8) is 0 Å². The third-order valence-electron chi connectivity index (χ3n) is 5.77. The molecule has 2 aliphatic heterocycles. The normalized spacial score (nSPS) is 22.5. The van der Waals surface area contributed by atoms with Gasteiger partial charge in [0.2, 0.25) is 10.0 Å². The van der Waals surface area contributed by atoms with Gasteiger partial charge in [-0.05, 0) is 31.0 Å². The number of halogens is 3. The van der Waals surface area contributed by atoms with Crippen molar-refractivity contribution in [3.05, 3.63) is 35.4 Å². The average Bonchev–Trinajstić information content (AvgIpc) is 2.68. The van der Waals surface area contributed by atoms with Crippen molar-refractivity contribution in [3.8, 4) is 0 Å². The van der Waals surface area contributed by atoms with E-state index in [0.29, 0.717) is 45.8 Å². The van der Waals surface area contributed by atoms with Crippen molar-refractivity contribution in [2.45, 2.75) is 31.6 Å². The van der Waals surface area contributed by atoms with E-state index in [-0.39, 0.29) is 18.2 Å². The zero-order valence-corrected chi connectivity index (χ0v) is 18.1. The van der Waals surface area contributed by atoms with E-state index in [1.54, 1.807) is 6.07 Å². The lowest BCUT2D eigenvalue weighted by Crippen LogP contribution is -2.52. The fraction of sp³-hybridized carbons (Fsp3) is 0.700. The standard InChI is InChI=1S/C20H30F3N3O3S/c1-30(27,28)26(10-9-24-11-13-29-14-12-24)18-6-4-8-25(16-18)15-17-5-2-3-7-19(17)20(21,22)23/h2-3,5,7,18H,4,6,8-16H2,1H3. The quantitative estimate of drug-likeness (QED) is 0.639. The molecule has 1 unspecified atom stereocenters. The molecule has 0 radical (unpaired) electrons. The fourth-order valence-corrected chi connectivity index (χ4v) is 5.40. The van der Waals surface area contributed by atoms with Gasteiger partial charge in [0.25, 0.3) is 0 Å². The minimum Gasteiger partial charge on any atom is -0.379 e. The highest BCUT2D eigenvalue weighted by atomic mass is 32.2. The van der Waals surface area contributed by atoms with Crippen molar-refractivity contribution >= 4 is 10.0 Å². The zero-order valence-electron chi connectivity index (χ0n) is 17.3. The van der Waals surface area contributed by atoms with Gasteiger partial charge in [-0.25, -0.2) is 8.42 Å². The number of hydrogen-bond donors (Lipinski definition) is 0. The molecule has 0 spiro atoms. The predicted molar refractivity (Wildman–Crippen MR) is 109 cm³/mol. The molecule has 30 heavy (non-hydrogen) atoms. The minimum absolute atomic E-state index is 0.160. The second-order valence-electron chi connectivity index (χ2n) is 8.01. The summed E-state index contributed by atoms with van der Waals surface area (Å²) in [6.45, 7) is 5.12. The van der Waals surface area contributed by atoms with E-state index < -0.39 is 21.8 Å². The molecule has 1 atom stereocenters. The first-order valence-corrected chi connectivity index (χ1v) is 12.1. The van der Waals surface area contributed by atoms with Gasteiger partial charge >= 0.3 is 6.18 Å². The number of morpholine rings is 1. The summed E-state index contributed by atoms with van der Waals surface area (Å²) in [4.78, 5) is 4.12. The molecule has 6 nitrogen and oxygen atoms in total. The van der Waals surface area contributed by atoms with E-state index in [9.17, 15) is 21.6 Å². The van der Waals surface area contributed by atoms with Crippen LogP contribution in [0.3, 0.4) is 0 Å². The maximum absolute atomic E-state index is 13.3. The molecule has 1 aromatic rings. The van der Waals surface area contributed by atoms with Crippen LogP contribution in [0.1, 0.15) is 24.0 Å². The first-order valence-electron chi connectivity index (χ1n) is 10.3. The molecule has 2 fully saturated rings. The van der Waals surface area contributed by atoms with E-state index in [4.69, 9.17) is 4.74 Å². The van der Waals surface area contributed by atoms with Gasteiger partial charge in [-0.2, -0.15) is 17.5 Å². The second-order valence-corrected chi connectivity index (χ2v) is 9.95. The third-order valence-corrected chi connectivity index (χ3v) is 7.10. The van der Waals surface area contributed by atoms with E-state index in [0.717, 1.165) is 25.6 Å². The van der Waals surface area contributed by atoms with E-state index in [1.807, 2.05) is 4.90 Å². The summed E-state index contributed by atoms with van der Waals surface area (Å²) >= 11 is 0. The van der Waals surface area contributed by atoms with Gasteiger partial charge in [0, 0.05) is 45.3 Å². The van der Waals surface area contributed by atoms with Gasteiger partial charge in [-0.3, -0.25) is 9.80 Å². The molecule has 170 valence electrons. The average molecular weight is 450 g/mol. The lowest BCUT2D eigenvalue weighted by Gasteiger charge is -2.39. The summed E-state index contributed by atoms with van der Waals surface area (Å²) in [6, 6.07) is 5.37. The molecule has 0 aromatic heterocycles. The Morgan fingerprint density at radius 1 is 1.13 bits per heavy atom. The third kappa shape index (κ3) is 6.40. The number of piperidine rings is 1. The van der Waals surface area contributed by atoms with Crippen LogP contribution >= 0.6 is 0 Å². The molecular formula is C20H30F3N3O3S. The topological polar surface area (TPSA) is 53.1 Å². The molecular weight excluding hydrogens is 419 g/mol. The summed E-state index contributed by atoms with van der Waals surface area (Å²) in [6.07, 6.45) is -1.72. The van der Waals surface area contributed by atoms with Gasteiger partial charge in [0.1, 0.15) is 0 Å². The van der Waals surface area contributed by atoms with Crippen LogP contribution in [0.5, 0.6) is 0 Å². The van der Waals surface area contributed by atoms with Crippen LogP contribution in [-0.4, -0.2) is 87.3 Å². The molecule has 2 heterocycles. The highest BCUT2D eigenvalue weighted by Crippen LogP contribution is 2.33. The largest absolute Gasteiger partial charge is 0.416 e. The summed E-state index contributed by atoms with van der Waals surface area (Å²) in [7, 11) is -3.42. The van der Waals surface area contributed by atoms with Crippen molar-refractivity contribution < 1.29 is 26.3 Å². The van der Waals surface area contributed by atoms with Gasteiger partial charge in [0.15, 0.2) is 0 Å². The Kier molecular flexibility index (Phi) is 7.78. The Bertz CT molecular complexity index is 798. The van der Waals surface area contributed by atoms with Crippen LogP contribution in [0.25, 0.3) is 0 Å². The van der Waals surface area contributed by atoms with E-state index >= 15 is 0 Å². The molecule has 0 bridgehead atoms. The summed E-state index contributed by atoms with van der Waals surface area (Å²) in [5.41, 5.74) is -0.399. The van der Waals surface area contributed by atoms with Gasteiger partial charge in [-0.15, -0.1) is 0 Å². The van der Waals surface area contributed by atoms with Crippen molar-refractivity contribution in [2.75, 3.05) is 58.7 Å². The van der Waals surface area contributed by atoms with Crippen molar-refractivity contribution in [2.24, 2.45) is 0 Å². The first-order chi connectivity index (χ1) is 14.1. The van der Waals surface area contributed by atoms with Crippen LogP contribution < -0.4 is 0 Å². The Morgan fingerprint density at radius 3 is 2.50 bits per heavy atom. The van der Waals surface area contributed by atoms with Crippen LogP contribution in [-0.2, 0) is 27.5 Å². The van der Waals surface area contributed by atoms with Crippen LogP contribution in [0.15, 0.2) is 24.3 Å².